The van der Waals surface area contributed by atoms with Crippen LogP contribution in [0.1, 0.15) is 40.0 Å². The smallest absolute Gasteiger partial charge is 0.157 e. The molecule has 0 bridgehead atoms. The molecule has 2 rings (SSSR count). The largest absolute Gasteiger partial charge is 0.362 e. The van der Waals surface area contributed by atoms with Crippen LogP contribution in [-0.4, -0.2) is 23.0 Å². The first kappa shape index (κ1) is 10.3. The topological polar surface area (TPSA) is 24.4 Å². The fourth-order valence-electron chi connectivity index (χ4n) is 1.69. The molecule has 1 unspecified atom stereocenters. The summed E-state index contributed by atoms with van der Waals surface area (Å²) in [6, 6.07) is 0.745. The first-order valence-electron chi connectivity index (χ1n) is 5.50. The van der Waals surface area contributed by atoms with Crippen LogP contribution in [0.3, 0.4) is 0 Å². The molecular weight excluding hydrogens is 192 g/mol. The number of hydrogen-bond donors (Lipinski definition) is 1. The molecule has 14 heavy (non-hydrogen) atoms. The van der Waals surface area contributed by atoms with E-state index in [9.17, 15) is 0 Å². The Labute approximate surface area is 90.9 Å². The normalized spacial score (nSPS) is 27.6. The van der Waals surface area contributed by atoms with Crippen LogP contribution in [0.15, 0.2) is 4.99 Å². The predicted molar refractivity (Wildman–Crippen MR) is 63.9 cm³/mol. The summed E-state index contributed by atoms with van der Waals surface area (Å²) in [5, 5.41) is 5.38. The highest BCUT2D eigenvalue weighted by atomic mass is 32.2. The van der Waals surface area contributed by atoms with E-state index in [0.717, 1.165) is 12.6 Å². The molecule has 0 spiro atoms. The molecule has 0 saturated heterocycles. The summed E-state index contributed by atoms with van der Waals surface area (Å²) in [7, 11) is 0. The summed E-state index contributed by atoms with van der Waals surface area (Å²) >= 11 is 1.94. The minimum atomic E-state index is 0.433. The van der Waals surface area contributed by atoms with Gasteiger partial charge in [-0.3, -0.25) is 4.99 Å². The van der Waals surface area contributed by atoms with Gasteiger partial charge in [-0.25, -0.2) is 0 Å². The lowest BCUT2D eigenvalue weighted by Gasteiger charge is -2.21. The maximum Gasteiger partial charge on any atom is 0.157 e. The van der Waals surface area contributed by atoms with Gasteiger partial charge in [0.15, 0.2) is 5.17 Å². The van der Waals surface area contributed by atoms with Crippen LogP contribution in [0.5, 0.6) is 0 Å². The molecule has 0 aromatic carbocycles. The van der Waals surface area contributed by atoms with Crippen LogP contribution in [-0.2, 0) is 0 Å². The second kappa shape index (κ2) is 3.76. The second-order valence-electron chi connectivity index (χ2n) is 5.57. The van der Waals surface area contributed by atoms with E-state index in [1.807, 2.05) is 11.8 Å². The first-order chi connectivity index (χ1) is 6.53. The van der Waals surface area contributed by atoms with Crippen LogP contribution in [0.25, 0.3) is 0 Å². The molecule has 2 aliphatic rings. The van der Waals surface area contributed by atoms with Crippen molar-refractivity contribution < 1.29 is 0 Å². The molecule has 3 heteroatoms. The lowest BCUT2D eigenvalue weighted by Crippen LogP contribution is -2.22. The number of amidine groups is 1. The van der Waals surface area contributed by atoms with E-state index >= 15 is 0 Å². The minimum absolute atomic E-state index is 0.433. The van der Waals surface area contributed by atoms with Gasteiger partial charge < -0.3 is 5.32 Å². The van der Waals surface area contributed by atoms with Crippen molar-refractivity contribution in [1.29, 1.82) is 0 Å². The summed E-state index contributed by atoms with van der Waals surface area (Å²) in [4.78, 5) is 4.55. The van der Waals surface area contributed by atoms with E-state index in [1.165, 1.54) is 24.4 Å². The summed E-state index contributed by atoms with van der Waals surface area (Å²) in [6.45, 7) is 7.93. The predicted octanol–water partition coefficient (Wildman–Crippen LogP) is 2.65. The number of rotatable bonds is 2. The molecule has 80 valence electrons. The summed E-state index contributed by atoms with van der Waals surface area (Å²) in [5.74, 6) is 0. The van der Waals surface area contributed by atoms with Gasteiger partial charge in [0.1, 0.15) is 0 Å². The van der Waals surface area contributed by atoms with E-state index in [1.54, 1.807) is 0 Å². The zero-order valence-corrected chi connectivity index (χ0v) is 10.2. The molecule has 0 aromatic rings. The molecular formula is C11H20N2S. The third-order valence-corrected chi connectivity index (χ3v) is 3.58. The van der Waals surface area contributed by atoms with Gasteiger partial charge in [-0.1, -0.05) is 32.5 Å². The van der Waals surface area contributed by atoms with Crippen molar-refractivity contribution in [2.24, 2.45) is 10.4 Å². The van der Waals surface area contributed by atoms with Crippen molar-refractivity contribution in [3.63, 3.8) is 0 Å². The molecule has 1 N–H and O–H groups in total. The van der Waals surface area contributed by atoms with Crippen molar-refractivity contribution in [3.8, 4) is 0 Å². The van der Waals surface area contributed by atoms with Gasteiger partial charge in [0, 0.05) is 11.3 Å². The van der Waals surface area contributed by atoms with Gasteiger partial charge in [0.2, 0.25) is 0 Å². The first-order valence-corrected chi connectivity index (χ1v) is 6.38. The molecule has 1 atom stereocenters. The van der Waals surface area contributed by atoms with Gasteiger partial charge >= 0.3 is 0 Å². The maximum absolute atomic E-state index is 4.55. The molecule has 1 aliphatic heterocycles. The summed E-state index contributed by atoms with van der Waals surface area (Å²) in [6.07, 6.45) is 3.93. The highest BCUT2D eigenvalue weighted by Crippen LogP contribution is 2.32. The number of hydrogen-bond acceptors (Lipinski definition) is 3. The number of aliphatic imine (C=N–C) groups is 1. The number of nitrogens with one attached hydrogen (secondary N) is 1. The van der Waals surface area contributed by atoms with Crippen molar-refractivity contribution >= 4 is 16.9 Å². The SMILES string of the molecule is CC(C)(C)CC1CN=C(NC2CC2)S1. The zero-order valence-electron chi connectivity index (χ0n) is 9.34. The molecule has 1 saturated carbocycles. The Hall–Kier alpha value is -0.180. The van der Waals surface area contributed by atoms with Gasteiger partial charge in [0.25, 0.3) is 0 Å². The van der Waals surface area contributed by atoms with Gasteiger partial charge in [-0.15, -0.1) is 0 Å². The average molecular weight is 212 g/mol. The van der Waals surface area contributed by atoms with Gasteiger partial charge in [-0.2, -0.15) is 0 Å². The third-order valence-electron chi connectivity index (χ3n) is 2.46. The van der Waals surface area contributed by atoms with Gasteiger partial charge in [-0.05, 0) is 24.7 Å². The average Bonchev–Trinajstić information content (AvgIpc) is 2.71. The molecule has 2 nitrogen and oxygen atoms in total. The molecule has 1 aliphatic carbocycles. The van der Waals surface area contributed by atoms with Crippen LogP contribution in [0.2, 0.25) is 0 Å². The number of thioether (sulfide) groups is 1. The van der Waals surface area contributed by atoms with Gasteiger partial charge in [0.05, 0.1) is 6.54 Å². The molecule has 0 amide bonds. The van der Waals surface area contributed by atoms with Crippen molar-refractivity contribution in [3.05, 3.63) is 0 Å². The highest BCUT2D eigenvalue weighted by molar-refractivity contribution is 8.14. The highest BCUT2D eigenvalue weighted by Gasteiger charge is 2.28. The van der Waals surface area contributed by atoms with Crippen LogP contribution in [0, 0.1) is 5.41 Å². The zero-order chi connectivity index (χ0) is 10.2. The molecule has 0 radical (unpaired) electrons. The Balaban J connectivity index is 1.74. The Bertz CT molecular complexity index is 238. The van der Waals surface area contributed by atoms with E-state index < -0.39 is 0 Å². The van der Waals surface area contributed by atoms with Crippen LogP contribution in [0.4, 0.5) is 0 Å². The van der Waals surface area contributed by atoms with E-state index in [-0.39, 0.29) is 0 Å². The Morgan fingerprint density at radius 1 is 1.43 bits per heavy atom. The second-order valence-corrected chi connectivity index (χ2v) is 6.86. The maximum atomic E-state index is 4.55. The molecule has 1 fully saturated rings. The third kappa shape index (κ3) is 3.19. The number of nitrogens with zero attached hydrogens (tertiary/aromatic N) is 1. The van der Waals surface area contributed by atoms with E-state index in [2.05, 4.69) is 31.1 Å². The fraction of sp³-hybridized carbons (Fsp3) is 0.909. The monoisotopic (exact) mass is 212 g/mol. The summed E-state index contributed by atoms with van der Waals surface area (Å²) < 4.78 is 0. The Morgan fingerprint density at radius 2 is 2.14 bits per heavy atom. The van der Waals surface area contributed by atoms with Crippen molar-refractivity contribution in [2.45, 2.75) is 51.3 Å². The standard InChI is InChI=1S/C11H20N2S/c1-11(2,3)6-9-7-12-10(14-9)13-8-4-5-8/h8-9H,4-7H2,1-3H3,(H,12,13). The van der Waals surface area contributed by atoms with E-state index in [0.29, 0.717) is 10.7 Å². The Morgan fingerprint density at radius 3 is 2.71 bits per heavy atom. The van der Waals surface area contributed by atoms with Crippen LogP contribution < -0.4 is 5.32 Å². The minimum Gasteiger partial charge on any atom is -0.362 e. The quantitative estimate of drug-likeness (QED) is 0.761. The van der Waals surface area contributed by atoms with E-state index in [4.69, 9.17) is 0 Å². The lowest BCUT2D eigenvalue weighted by molar-refractivity contribution is 0.375. The van der Waals surface area contributed by atoms with Crippen molar-refractivity contribution in [2.75, 3.05) is 6.54 Å². The van der Waals surface area contributed by atoms with Crippen molar-refractivity contribution in [1.82, 2.24) is 5.32 Å². The lowest BCUT2D eigenvalue weighted by atomic mass is 9.90. The Kier molecular flexibility index (Phi) is 2.78. The molecule has 1 heterocycles. The fourth-order valence-corrected chi connectivity index (χ4v) is 3.12. The van der Waals surface area contributed by atoms with Crippen LogP contribution >= 0.6 is 11.8 Å². The summed E-state index contributed by atoms with van der Waals surface area (Å²) in [5.41, 5.74) is 0.433. The molecule has 0 aromatic heterocycles.